The smallest absolute Gasteiger partial charge is 0.321 e. The Balaban J connectivity index is 1.29. The number of rotatable bonds is 2. The molecule has 1 aromatic carbocycles. The number of hydrogen-bond acceptors (Lipinski definition) is 4. The van der Waals surface area contributed by atoms with Gasteiger partial charge in [-0.15, -0.1) is 11.8 Å². The zero-order chi connectivity index (χ0) is 17.4. The molecule has 1 aromatic rings. The summed E-state index contributed by atoms with van der Waals surface area (Å²) in [6.45, 7) is 4.99. The molecule has 1 atom stereocenters. The minimum atomic E-state index is -0.961. The van der Waals surface area contributed by atoms with Crippen LogP contribution in [0.5, 0.6) is 0 Å². The van der Waals surface area contributed by atoms with Crippen LogP contribution in [0.1, 0.15) is 6.42 Å². The Morgan fingerprint density at radius 3 is 2.72 bits per heavy atom. The lowest BCUT2D eigenvalue weighted by Gasteiger charge is -2.47. The predicted molar refractivity (Wildman–Crippen MR) is 92.9 cm³/mol. The molecular formula is C17H21F2N3O2S. The number of anilines is 1. The third-order valence-electron chi connectivity index (χ3n) is 5.17. The van der Waals surface area contributed by atoms with Gasteiger partial charge in [0.15, 0.2) is 11.6 Å². The van der Waals surface area contributed by atoms with Gasteiger partial charge in [-0.05, 0) is 18.6 Å². The van der Waals surface area contributed by atoms with E-state index in [4.69, 9.17) is 4.74 Å². The number of carbonyl (C=O) groups is 1. The molecule has 0 saturated carbocycles. The molecule has 25 heavy (non-hydrogen) atoms. The molecule has 5 nitrogen and oxygen atoms in total. The van der Waals surface area contributed by atoms with Crippen molar-refractivity contribution < 1.29 is 18.3 Å². The summed E-state index contributed by atoms with van der Waals surface area (Å²) >= 11 is 1.95. The fourth-order valence-corrected chi connectivity index (χ4v) is 5.47. The molecule has 0 aromatic heterocycles. The molecule has 3 aliphatic rings. The highest BCUT2D eigenvalue weighted by Crippen LogP contribution is 2.46. The first kappa shape index (κ1) is 17.1. The van der Waals surface area contributed by atoms with Crippen LogP contribution in [-0.4, -0.2) is 71.8 Å². The van der Waals surface area contributed by atoms with E-state index in [2.05, 4.69) is 10.2 Å². The van der Waals surface area contributed by atoms with Crippen molar-refractivity contribution in [2.75, 3.05) is 50.5 Å². The Hall–Kier alpha value is -1.38. The fraction of sp³-hybridized carbons (Fsp3) is 0.588. The van der Waals surface area contributed by atoms with Crippen molar-refractivity contribution in [3.05, 3.63) is 29.8 Å². The largest absolute Gasteiger partial charge is 0.379 e. The normalized spacial score (nSPS) is 25.8. The van der Waals surface area contributed by atoms with Crippen LogP contribution in [0.4, 0.5) is 19.3 Å². The molecular weight excluding hydrogens is 348 g/mol. The van der Waals surface area contributed by atoms with Gasteiger partial charge in [0.05, 0.1) is 18.0 Å². The monoisotopic (exact) mass is 369 g/mol. The number of amides is 2. The van der Waals surface area contributed by atoms with E-state index in [1.807, 2.05) is 11.8 Å². The number of nitrogens with zero attached hydrogens (tertiary/aromatic N) is 2. The molecule has 3 heterocycles. The summed E-state index contributed by atoms with van der Waals surface area (Å²) in [6.07, 6.45) is 1.09. The number of carbonyl (C=O) groups excluding carboxylic acids is 1. The lowest BCUT2D eigenvalue weighted by atomic mass is 9.91. The number of benzene rings is 1. The Kier molecular flexibility index (Phi) is 4.59. The Morgan fingerprint density at radius 1 is 1.24 bits per heavy atom. The van der Waals surface area contributed by atoms with E-state index in [-0.39, 0.29) is 16.5 Å². The van der Waals surface area contributed by atoms with Gasteiger partial charge in [-0.1, -0.05) is 0 Å². The summed E-state index contributed by atoms with van der Waals surface area (Å²) in [5.41, 5.74) is 0.273. The zero-order valence-electron chi connectivity index (χ0n) is 13.8. The van der Waals surface area contributed by atoms with Gasteiger partial charge in [0.25, 0.3) is 0 Å². The summed E-state index contributed by atoms with van der Waals surface area (Å²) in [5, 5.41) is 2.64. The van der Waals surface area contributed by atoms with Crippen molar-refractivity contribution in [1.82, 2.24) is 9.80 Å². The van der Waals surface area contributed by atoms with Gasteiger partial charge in [-0.3, -0.25) is 4.90 Å². The van der Waals surface area contributed by atoms with Crippen molar-refractivity contribution in [3.63, 3.8) is 0 Å². The Labute approximate surface area is 149 Å². The van der Waals surface area contributed by atoms with Gasteiger partial charge in [0.1, 0.15) is 0 Å². The second-order valence-corrected chi connectivity index (χ2v) is 8.40. The number of nitrogens with one attached hydrogen (secondary N) is 1. The van der Waals surface area contributed by atoms with Crippen LogP contribution in [0.25, 0.3) is 0 Å². The molecule has 0 radical (unpaired) electrons. The number of ether oxygens (including phenoxy) is 1. The van der Waals surface area contributed by atoms with E-state index in [1.165, 1.54) is 6.07 Å². The predicted octanol–water partition coefficient (Wildman–Crippen LogP) is 2.39. The number of thioether (sulfide) groups is 1. The Morgan fingerprint density at radius 2 is 2.00 bits per heavy atom. The summed E-state index contributed by atoms with van der Waals surface area (Å²) in [6, 6.07) is 3.69. The molecule has 3 aliphatic heterocycles. The second-order valence-electron chi connectivity index (χ2n) is 6.92. The third-order valence-corrected chi connectivity index (χ3v) is 6.76. The standard InChI is InChI=1S/C17H21F2N3O2S/c18-14-2-1-12(7-15(14)19)20-16(23)22-10-17(11-22)8-13(9-25-17)21-3-5-24-6-4-21/h1-2,7,13H,3-6,8-11H2,(H,20,23). The first-order valence-electron chi connectivity index (χ1n) is 8.51. The van der Waals surface area contributed by atoms with Crippen LogP contribution in [-0.2, 0) is 4.74 Å². The van der Waals surface area contributed by atoms with Crippen molar-refractivity contribution in [2.24, 2.45) is 0 Å². The van der Waals surface area contributed by atoms with Crippen molar-refractivity contribution in [2.45, 2.75) is 17.2 Å². The minimum Gasteiger partial charge on any atom is -0.379 e. The second kappa shape index (κ2) is 6.74. The molecule has 2 amide bonds. The number of morpholine rings is 1. The first-order chi connectivity index (χ1) is 12.0. The minimum absolute atomic E-state index is 0.147. The van der Waals surface area contributed by atoms with Gasteiger partial charge in [-0.2, -0.15) is 0 Å². The molecule has 1 unspecified atom stereocenters. The Bertz CT molecular complexity index is 663. The number of likely N-dealkylation sites (tertiary alicyclic amines) is 1. The average molecular weight is 369 g/mol. The van der Waals surface area contributed by atoms with Crippen molar-refractivity contribution >= 4 is 23.5 Å². The van der Waals surface area contributed by atoms with E-state index in [1.54, 1.807) is 4.90 Å². The third kappa shape index (κ3) is 3.47. The van der Waals surface area contributed by atoms with Gasteiger partial charge >= 0.3 is 6.03 Å². The highest BCUT2D eigenvalue weighted by atomic mass is 32.2. The quantitative estimate of drug-likeness (QED) is 0.870. The van der Waals surface area contributed by atoms with E-state index in [0.717, 1.165) is 50.6 Å². The lowest BCUT2D eigenvalue weighted by Crippen LogP contribution is -2.62. The van der Waals surface area contributed by atoms with Crippen LogP contribution in [0.3, 0.4) is 0 Å². The molecule has 3 fully saturated rings. The summed E-state index contributed by atoms with van der Waals surface area (Å²) in [4.78, 5) is 16.5. The lowest BCUT2D eigenvalue weighted by molar-refractivity contribution is 0.0158. The van der Waals surface area contributed by atoms with E-state index < -0.39 is 11.6 Å². The van der Waals surface area contributed by atoms with Crippen LogP contribution in [0.15, 0.2) is 18.2 Å². The molecule has 0 aliphatic carbocycles. The maximum absolute atomic E-state index is 13.2. The SMILES string of the molecule is O=C(Nc1ccc(F)c(F)c1)N1CC2(CC(N3CCOCC3)CS2)C1. The van der Waals surface area contributed by atoms with E-state index in [9.17, 15) is 13.6 Å². The van der Waals surface area contributed by atoms with Crippen LogP contribution >= 0.6 is 11.8 Å². The van der Waals surface area contributed by atoms with Crippen molar-refractivity contribution in [3.8, 4) is 0 Å². The van der Waals surface area contributed by atoms with Gasteiger partial charge in [-0.25, -0.2) is 13.6 Å². The number of urea groups is 1. The van der Waals surface area contributed by atoms with Crippen molar-refractivity contribution in [1.29, 1.82) is 0 Å². The topological polar surface area (TPSA) is 44.8 Å². The van der Waals surface area contributed by atoms with Crippen LogP contribution in [0, 0.1) is 11.6 Å². The molecule has 1 spiro atoms. The maximum Gasteiger partial charge on any atom is 0.321 e. The fourth-order valence-electron chi connectivity index (χ4n) is 3.79. The van der Waals surface area contributed by atoms with E-state index in [0.29, 0.717) is 19.1 Å². The molecule has 0 bridgehead atoms. The highest BCUT2D eigenvalue weighted by molar-refractivity contribution is 8.01. The molecule has 8 heteroatoms. The molecule has 3 saturated heterocycles. The van der Waals surface area contributed by atoms with E-state index >= 15 is 0 Å². The zero-order valence-corrected chi connectivity index (χ0v) is 14.7. The van der Waals surface area contributed by atoms with Crippen LogP contribution < -0.4 is 5.32 Å². The van der Waals surface area contributed by atoms with Gasteiger partial charge in [0.2, 0.25) is 0 Å². The summed E-state index contributed by atoms with van der Waals surface area (Å²) < 4.78 is 31.7. The highest BCUT2D eigenvalue weighted by Gasteiger charge is 2.51. The molecule has 136 valence electrons. The molecule has 4 rings (SSSR count). The van der Waals surface area contributed by atoms with Gasteiger partial charge in [0, 0.05) is 49.7 Å². The van der Waals surface area contributed by atoms with Gasteiger partial charge < -0.3 is 15.0 Å². The maximum atomic E-state index is 13.2. The molecule has 1 N–H and O–H groups in total. The summed E-state index contributed by atoms with van der Waals surface area (Å²) in [7, 11) is 0. The average Bonchev–Trinajstić information content (AvgIpc) is 3.03. The van der Waals surface area contributed by atoms with Crippen LogP contribution in [0.2, 0.25) is 0 Å². The number of hydrogen-bond donors (Lipinski definition) is 1. The summed E-state index contributed by atoms with van der Waals surface area (Å²) in [5.74, 6) is -0.784. The first-order valence-corrected chi connectivity index (χ1v) is 9.50. The number of halogens is 2.